The second-order valence-corrected chi connectivity index (χ2v) is 4.27. The summed E-state index contributed by atoms with van der Waals surface area (Å²) in [4.78, 5) is 23.3. The maximum Gasteiger partial charge on any atom is 0.341 e. The highest BCUT2D eigenvalue weighted by Gasteiger charge is 2.35. The molecular formula is C9H17N3O4. The van der Waals surface area contributed by atoms with Gasteiger partial charge in [-0.1, -0.05) is 0 Å². The molecule has 0 heterocycles. The number of nitrogens with two attached hydrogens (primary N) is 1. The number of nitrogens with zero attached hydrogens (tertiary/aromatic N) is 1. The molecule has 0 amide bonds. The molecule has 0 unspecified atom stereocenters. The van der Waals surface area contributed by atoms with Gasteiger partial charge in [-0.05, 0) is 20.8 Å². The molecule has 0 radical (unpaired) electrons. The lowest BCUT2D eigenvalue weighted by molar-refractivity contribution is -0.166. The van der Waals surface area contributed by atoms with Crippen molar-refractivity contribution < 1.29 is 19.4 Å². The number of esters is 1. The number of hydrogen-bond acceptors (Lipinski definition) is 4. The Morgan fingerprint density at radius 3 is 2.12 bits per heavy atom. The number of carbonyl (C=O) groups excluding carboxylic acids is 1. The smallest absolute Gasteiger partial charge is 0.341 e. The Morgan fingerprint density at radius 1 is 1.44 bits per heavy atom. The van der Waals surface area contributed by atoms with Crippen molar-refractivity contribution in [2.45, 2.75) is 32.4 Å². The molecule has 0 aromatic carbocycles. The largest absolute Gasteiger partial charge is 0.479 e. The third-order valence-corrected chi connectivity index (χ3v) is 1.63. The van der Waals surface area contributed by atoms with Gasteiger partial charge in [0.05, 0.1) is 0 Å². The summed E-state index contributed by atoms with van der Waals surface area (Å²) in [6.07, 6.45) is 0. The van der Waals surface area contributed by atoms with E-state index in [0.29, 0.717) is 0 Å². The summed E-state index contributed by atoms with van der Waals surface area (Å²) in [7, 11) is 1.24. The van der Waals surface area contributed by atoms with Crippen LogP contribution in [-0.2, 0) is 14.3 Å². The summed E-state index contributed by atoms with van der Waals surface area (Å²) >= 11 is 0. The summed E-state index contributed by atoms with van der Waals surface area (Å²) in [6, 6.07) is -1.60. The topological polar surface area (TPSA) is 117 Å². The maximum atomic E-state index is 11.5. The van der Waals surface area contributed by atoms with Crippen LogP contribution >= 0.6 is 0 Å². The van der Waals surface area contributed by atoms with Crippen LogP contribution in [0.1, 0.15) is 20.8 Å². The van der Waals surface area contributed by atoms with Gasteiger partial charge in [0.25, 0.3) is 0 Å². The van der Waals surface area contributed by atoms with Crippen molar-refractivity contribution in [2.75, 3.05) is 7.05 Å². The first-order valence-electron chi connectivity index (χ1n) is 4.59. The molecule has 0 aromatic heterocycles. The van der Waals surface area contributed by atoms with Crippen molar-refractivity contribution >= 4 is 17.9 Å². The number of carboxylic acid groups (broad SMARTS) is 1. The predicted molar refractivity (Wildman–Crippen MR) is 56.9 cm³/mol. The molecule has 0 saturated carbocycles. The third kappa shape index (κ3) is 4.16. The molecule has 0 bridgehead atoms. The van der Waals surface area contributed by atoms with E-state index in [4.69, 9.17) is 21.0 Å². The lowest BCUT2D eigenvalue weighted by Gasteiger charge is -2.27. The van der Waals surface area contributed by atoms with Gasteiger partial charge >= 0.3 is 11.9 Å². The first kappa shape index (κ1) is 14.2. The lowest BCUT2D eigenvalue weighted by Crippen LogP contribution is -2.51. The van der Waals surface area contributed by atoms with E-state index in [9.17, 15) is 9.59 Å². The number of carbonyl (C=O) groups is 2. The minimum Gasteiger partial charge on any atom is -0.479 e. The van der Waals surface area contributed by atoms with Gasteiger partial charge in [-0.15, -0.1) is 0 Å². The Bertz CT molecular complexity index is 308. The quantitative estimate of drug-likeness (QED) is 0.263. The number of likely N-dealkylation sites (N-methyl/N-ethyl adjacent to an activating group) is 1. The molecule has 7 heteroatoms. The first-order chi connectivity index (χ1) is 7.06. The van der Waals surface area contributed by atoms with Crippen LogP contribution in [0.15, 0.2) is 0 Å². The molecule has 4 N–H and O–H groups in total. The lowest BCUT2D eigenvalue weighted by atomic mass is 10.2. The van der Waals surface area contributed by atoms with Gasteiger partial charge in [0.1, 0.15) is 5.60 Å². The van der Waals surface area contributed by atoms with Crippen molar-refractivity contribution in [1.29, 1.82) is 5.41 Å². The molecule has 92 valence electrons. The molecule has 0 aliphatic carbocycles. The van der Waals surface area contributed by atoms with Gasteiger partial charge in [0, 0.05) is 7.05 Å². The summed E-state index contributed by atoms with van der Waals surface area (Å²) in [5, 5.41) is 15.9. The van der Waals surface area contributed by atoms with E-state index in [1.54, 1.807) is 20.8 Å². The number of hydrogen-bond donors (Lipinski definition) is 3. The van der Waals surface area contributed by atoms with E-state index >= 15 is 0 Å². The predicted octanol–water partition coefficient (Wildman–Crippen LogP) is -0.393. The fourth-order valence-corrected chi connectivity index (χ4v) is 0.921. The summed E-state index contributed by atoms with van der Waals surface area (Å²) in [5.74, 6) is -2.87. The van der Waals surface area contributed by atoms with Crippen molar-refractivity contribution in [3.63, 3.8) is 0 Å². The number of carboxylic acids is 1. The Morgan fingerprint density at radius 2 is 1.88 bits per heavy atom. The second kappa shape index (κ2) is 4.82. The Kier molecular flexibility index (Phi) is 4.28. The van der Waals surface area contributed by atoms with Crippen LogP contribution in [0.25, 0.3) is 0 Å². The highest BCUT2D eigenvalue weighted by atomic mass is 16.6. The minimum atomic E-state index is -1.60. The molecule has 0 aliphatic rings. The Labute approximate surface area is 93.7 Å². The molecule has 0 aromatic rings. The number of rotatable bonds is 3. The fraction of sp³-hybridized carbons (Fsp3) is 0.667. The molecule has 16 heavy (non-hydrogen) atoms. The zero-order chi connectivity index (χ0) is 13.1. The minimum absolute atomic E-state index is 0.516. The van der Waals surface area contributed by atoms with E-state index < -0.39 is 29.5 Å². The average molecular weight is 231 g/mol. The first-order valence-corrected chi connectivity index (χ1v) is 4.59. The van der Waals surface area contributed by atoms with Crippen LogP contribution in [0.3, 0.4) is 0 Å². The van der Waals surface area contributed by atoms with Crippen LogP contribution in [0.4, 0.5) is 0 Å². The van der Waals surface area contributed by atoms with Crippen molar-refractivity contribution in [3.8, 4) is 0 Å². The average Bonchev–Trinajstić information content (AvgIpc) is 1.99. The molecule has 0 rings (SSSR count). The number of guanidine groups is 1. The second-order valence-electron chi connectivity index (χ2n) is 4.27. The van der Waals surface area contributed by atoms with Gasteiger partial charge in [-0.2, -0.15) is 0 Å². The van der Waals surface area contributed by atoms with Crippen LogP contribution in [0, 0.1) is 5.41 Å². The highest BCUT2D eigenvalue weighted by Crippen LogP contribution is 2.10. The van der Waals surface area contributed by atoms with Crippen molar-refractivity contribution in [3.05, 3.63) is 0 Å². The fourth-order valence-electron chi connectivity index (χ4n) is 0.921. The maximum absolute atomic E-state index is 11.5. The van der Waals surface area contributed by atoms with Gasteiger partial charge in [-0.25, -0.2) is 9.59 Å². The molecule has 1 atom stereocenters. The van der Waals surface area contributed by atoms with Gasteiger partial charge in [0.2, 0.25) is 6.04 Å². The zero-order valence-electron chi connectivity index (χ0n) is 9.77. The SMILES string of the molecule is CN(C(=N)N)[C@H](C(=O)O)C(=O)OC(C)(C)C. The van der Waals surface area contributed by atoms with Crippen LogP contribution in [-0.4, -0.2) is 46.6 Å². The van der Waals surface area contributed by atoms with Crippen molar-refractivity contribution in [2.24, 2.45) is 5.73 Å². The summed E-state index contributed by atoms with van der Waals surface area (Å²) in [5.41, 5.74) is 4.33. The van der Waals surface area contributed by atoms with Gasteiger partial charge < -0.3 is 20.5 Å². The standard InChI is InChI=1S/C9H17N3O4/c1-9(2,3)16-7(15)5(6(13)14)12(4)8(10)11/h5H,1-4H3,(H3,10,11)(H,13,14)/t5-/m1/s1. The third-order valence-electron chi connectivity index (χ3n) is 1.63. The van der Waals surface area contributed by atoms with Gasteiger partial charge in [0.15, 0.2) is 5.96 Å². The summed E-state index contributed by atoms with van der Waals surface area (Å²) in [6.45, 7) is 4.87. The number of aliphatic carboxylic acids is 1. The highest BCUT2D eigenvalue weighted by molar-refractivity contribution is 6.01. The van der Waals surface area contributed by atoms with Crippen LogP contribution in [0.5, 0.6) is 0 Å². The molecule has 7 nitrogen and oxygen atoms in total. The molecular weight excluding hydrogens is 214 g/mol. The van der Waals surface area contributed by atoms with E-state index in [-0.39, 0.29) is 0 Å². The van der Waals surface area contributed by atoms with Crippen LogP contribution in [0.2, 0.25) is 0 Å². The summed E-state index contributed by atoms with van der Waals surface area (Å²) < 4.78 is 4.92. The number of ether oxygens (including phenoxy) is 1. The molecule has 0 aliphatic heterocycles. The number of nitrogens with one attached hydrogen (secondary N) is 1. The van der Waals surface area contributed by atoms with Crippen LogP contribution < -0.4 is 5.73 Å². The van der Waals surface area contributed by atoms with E-state index in [1.807, 2.05) is 0 Å². The van der Waals surface area contributed by atoms with E-state index in [1.165, 1.54) is 7.05 Å². The molecule has 0 fully saturated rings. The Hall–Kier alpha value is -1.79. The van der Waals surface area contributed by atoms with E-state index in [0.717, 1.165) is 4.90 Å². The molecule has 0 spiro atoms. The monoisotopic (exact) mass is 231 g/mol. The van der Waals surface area contributed by atoms with Crippen molar-refractivity contribution in [1.82, 2.24) is 4.90 Å². The van der Waals surface area contributed by atoms with E-state index in [2.05, 4.69) is 0 Å². The zero-order valence-corrected chi connectivity index (χ0v) is 9.77. The normalized spacial score (nSPS) is 12.8. The van der Waals surface area contributed by atoms with Gasteiger partial charge in [-0.3, -0.25) is 5.41 Å². The Balaban J connectivity index is 4.88. The molecule has 0 saturated heterocycles.